The molecule has 0 spiro atoms. The Balaban J connectivity index is 2.56. The number of carbonyl (C=O) groups excluding carboxylic acids is 2. The Labute approximate surface area is 123 Å². The normalized spacial score (nSPS) is 10.2. The van der Waals surface area contributed by atoms with E-state index in [4.69, 9.17) is 16.3 Å². The fourth-order valence-corrected chi connectivity index (χ4v) is 1.91. The topological polar surface area (TPSA) is 68.3 Å². The number of hydrogen-bond acceptors (Lipinski definition) is 4. The summed E-state index contributed by atoms with van der Waals surface area (Å²) in [5.41, 5.74) is 1.24. The van der Waals surface area contributed by atoms with Gasteiger partial charge in [0.15, 0.2) is 0 Å². The SMILES string of the molecule is CCCc1cc(C(=O)NCCC(=O)OCC)cc(Cl)n1. The van der Waals surface area contributed by atoms with Crippen molar-refractivity contribution >= 4 is 23.5 Å². The molecule has 0 fully saturated rings. The van der Waals surface area contributed by atoms with Crippen molar-refractivity contribution in [2.24, 2.45) is 0 Å². The average molecular weight is 299 g/mol. The molecule has 0 radical (unpaired) electrons. The molecule has 0 unspecified atom stereocenters. The number of nitrogens with zero attached hydrogens (tertiary/aromatic N) is 1. The van der Waals surface area contributed by atoms with E-state index in [1.54, 1.807) is 13.0 Å². The Morgan fingerprint density at radius 1 is 1.35 bits per heavy atom. The highest BCUT2D eigenvalue weighted by Crippen LogP contribution is 2.12. The summed E-state index contributed by atoms with van der Waals surface area (Å²) in [6, 6.07) is 3.23. The van der Waals surface area contributed by atoms with E-state index in [2.05, 4.69) is 10.3 Å². The van der Waals surface area contributed by atoms with Crippen molar-refractivity contribution in [3.63, 3.8) is 0 Å². The molecule has 1 N–H and O–H groups in total. The molecular weight excluding hydrogens is 280 g/mol. The predicted molar refractivity (Wildman–Crippen MR) is 76.8 cm³/mol. The van der Waals surface area contributed by atoms with Crippen LogP contribution < -0.4 is 5.32 Å². The molecule has 20 heavy (non-hydrogen) atoms. The molecule has 1 aromatic heterocycles. The lowest BCUT2D eigenvalue weighted by atomic mass is 10.1. The van der Waals surface area contributed by atoms with Crippen LogP contribution in [0.4, 0.5) is 0 Å². The fraction of sp³-hybridized carbons (Fsp3) is 0.500. The summed E-state index contributed by atoms with van der Waals surface area (Å²) < 4.78 is 4.78. The van der Waals surface area contributed by atoms with Gasteiger partial charge in [0, 0.05) is 17.8 Å². The molecule has 110 valence electrons. The maximum atomic E-state index is 11.9. The van der Waals surface area contributed by atoms with Crippen LogP contribution in [0.3, 0.4) is 0 Å². The molecule has 0 aliphatic heterocycles. The highest BCUT2D eigenvalue weighted by Gasteiger charge is 2.10. The summed E-state index contributed by atoms with van der Waals surface area (Å²) >= 11 is 5.89. The largest absolute Gasteiger partial charge is 0.466 e. The summed E-state index contributed by atoms with van der Waals surface area (Å²) in [5, 5.41) is 2.96. The number of esters is 1. The van der Waals surface area contributed by atoms with Crippen LogP contribution in [-0.2, 0) is 16.0 Å². The van der Waals surface area contributed by atoms with Crippen LogP contribution in [0.5, 0.6) is 0 Å². The van der Waals surface area contributed by atoms with Crippen molar-refractivity contribution in [1.82, 2.24) is 10.3 Å². The summed E-state index contributed by atoms with van der Waals surface area (Å²) in [4.78, 5) is 27.2. The third-order valence-electron chi connectivity index (χ3n) is 2.54. The van der Waals surface area contributed by atoms with Crippen LogP contribution >= 0.6 is 11.6 Å². The molecule has 0 saturated carbocycles. The maximum absolute atomic E-state index is 11.9. The van der Waals surface area contributed by atoms with Crippen LogP contribution in [0.15, 0.2) is 12.1 Å². The van der Waals surface area contributed by atoms with Gasteiger partial charge < -0.3 is 10.1 Å². The quantitative estimate of drug-likeness (QED) is 0.620. The van der Waals surface area contributed by atoms with Crippen LogP contribution in [0.25, 0.3) is 0 Å². The summed E-state index contributed by atoms with van der Waals surface area (Å²) in [6.07, 6.45) is 1.85. The van der Waals surface area contributed by atoms with E-state index in [1.807, 2.05) is 6.92 Å². The van der Waals surface area contributed by atoms with Gasteiger partial charge >= 0.3 is 5.97 Å². The summed E-state index contributed by atoms with van der Waals surface area (Å²) in [5.74, 6) is -0.594. The van der Waals surface area contributed by atoms with Gasteiger partial charge in [0.1, 0.15) is 5.15 Å². The molecule has 0 aromatic carbocycles. The molecule has 6 heteroatoms. The molecule has 1 rings (SSSR count). The second-order valence-corrected chi connectivity index (χ2v) is 4.62. The van der Waals surface area contributed by atoms with E-state index in [0.29, 0.717) is 17.3 Å². The van der Waals surface area contributed by atoms with E-state index in [9.17, 15) is 9.59 Å². The van der Waals surface area contributed by atoms with Crippen LogP contribution in [0.1, 0.15) is 42.7 Å². The number of halogens is 1. The highest BCUT2D eigenvalue weighted by molar-refractivity contribution is 6.29. The zero-order valence-electron chi connectivity index (χ0n) is 11.7. The van der Waals surface area contributed by atoms with E-state index < -0.39 is 0 Å². The number of amides is 1. The van der Waals surface area contributed by atoms with Crippen LogP contribution in [0.2, 0.25) is 5.15 Å². The van der Waals surface area contributed by atoms with Gasteiger partial charge in [-0.15, -0.1) is 0 Å². The lowest BCUT2D eigenvalue weighted by Crippen LogP contribution is -2.26. The Bertz CT molecular complexity index is 477. The minimum absolute atomic E-state index is 0.153. The van der Waals surface area contributed by atoms with Crippen LogP contribution in [0, 0.1) is 0 Å². The molecule has 5 nitrogen and oxygen atoms in total. The first-order chi connectivity index (χ1) is 9.56. The minimum atomic E-state index is -0.327. The summed E-state index contributed by atoms with van der Waals surface area (Å²) in [6.45, 7) is 4.35. The third-order valence-corrected chi connectivity index (χ3v) is 2.73. The third kappa shape index (κ3) is 5.57. The first kappa shape index (κ1) is 16.4. The molecule has 0 atom stereocenters. The molecule has 0 aliphatic carbocycles. The van der Waals surface area contributed by atoms with Gasteiger partial charge in [-0.25, -0.2) is 4.98 Å². The summed E-state index contributed by atoms with van der Waals surface area (Å²) in [7, 11) is 0. The second-order valence-electron chi connectivity index (χ2n) is 4.23. The molecule has 1 heterocycles. The van der Waals surface area contributed by atoms with Gasteiger partial charge in [-0.05, 0) is 25.5 Å². The van der Waals surface area contributed by atoms with Crippen molar-refractivity contribution < 1.29 is 14.3 Å². The first-order valence-corrected chi connectivity index (χ1v) is 7.04. The van der Waals surface area contributed by atoms with Crippen molar-refractivity contribution in [1.29, 1.82) is 0 Å². The van der Waals surface area contributed by atoms with Crippen molar-refractivity contribution in [2.75, 3.05) is 13.2 Å². The van der Waals surface area contributed by atoms with Gasteiger partial charge in [0.25, 0.3) is 5.91 Å². The Morgan fingerprint density at radius 3 is 2.75 bits per heavy atom. The lowest BCUT2D eigenvalue weighted by molar-refractivity contribution is -0.142. The van der Waals surface area contributed by atoms with Gasteiger partial charge in [-0.2, -0.15) is 0 Å². The Hall–Kier alpha value is -1.62. The lowest BCUT2D eigenvalue weighted by Gasteiger charge is -2.07. The fourth-order valence-electron chi connectivity index (χ4n) is 1.68. The predicted octanol–water partition coefficient (Wildman–Crippen LogP) is 2.37. The van der Waals surface area contributed by atoms with Gasteiger partial charge in [-0.3, -0.25) is 9.59 Å². The second kappa shape index (κ2) is 8.53. The Morgan fingerprint density at radius 2 is 2.10 bits per heavy atom. The van der Waals surface area contributed by atoms with E-state index in [0.717, 1.165) is 18.5 Å². The minimum Gasteiger partial charge on any atom is -0.466 e. The van der Waals surface area contributed by atoms with Crippen molar-refractivity contribution in [3.05, 3.63) is 28.5 Å². The highest BCUT2D eigenvalue weighted by atomic mass is 35.5. The number of ether oxygens (including phenoxy) is 1. The van der Waals surface area contributed by atoms with Crippen LogP contribution in [-0.4, -0.2) is 30.0 Å². The molecule has 1 aromatic rings. The number of aromatic nitrogens is 1. The number of nitrogens with one attached hydrogen (secondary N) is 1. The standard InChI is InChI=1S/C14H19ClN2O3/c1-3-5-11-8-10(9-12(15)17-11)14(19)16-7-6-13(18)20-4-2/h8-9H,3-7H2,1-2H3,(H,16,19). The van der Waals surface area contributed by atoms with Gasteiger partial charge in [0.05, 0.1) is 13.0 Å². The molecule has 0 aliphatic rings. The zero-order chi connectivity index (χ0) is 15.0. The molecular formula is C14H19ClN2O3. The average Bonchev–Trinajstić information content (AvgIpc) is 2.38. The maximum Gasteiger partial charge on any atom is 0.307 e. The molecule has 0 bridgehead atoms. The van der Waals surface area contributed by atoms with Crippen molar-refractivity contribution in [3.8, 4) is 0 Å². The smallest absolute Gasteiger partial charge is 0.307 e. The van der Waals surface area contributed by atoms with E-state index in [1.165, 1.54) is 6.07 Å². The number of aryl methyl sites for hydroxylation is 1. The number of carbonyl (C=O) groups is 2. The van der Waals surface area contributed by atoms with E-state index in [-0.39, 0.29) is 24.8 Å². The van der Waals surface area contributed by atoms with Gasteiger partial charge in [-0.1, -0.05) is 24.9 Å². The number of hydrogen-bond donors (Lipinski definition) is 1. The Kier molecular flexibility index (Phi) is 7.01. The zero-order valence-corrected chi connectivity index (χ0v) is 12.5. The first-order valence-electron chi connectivity index (χ1n) is 6.67. The monoisotopic (exact) mass is 298 g/mol. The number of rotatable bonds is 7. The number of pyridine rings is 1. The van der Waals surface area contributed by atoms with Crippen molar-refractivity contribution in [2.45, 2.75) is 33.1 Å². The van der Waals surface area contributed by atoms with Gasteiger partial charge in [0.2, 0.25) is 0 Å². The molecule has 0 saturated heterocycles. The van der Waals surface area contributed by atoms with E-state index >= 15 is 0 Å². The molecule has 1 amide bonds.